The summed E-state index contributed by atoms with van der Waals surface area (Å²) in [7, 11) is 0. The lowest BCUT2D eigenvalue weighted by molar-refractivity contribution is 0.510. The van der Waals surface area contributed by atoms with Crippen molar-refractivity contribution >= 4 is 18.1 Å². The normalized spacial score (nSPS) is 20.4. The summed E-state index contributed by atoms with van der Waals surface area (Å²) in [6.07, 6.45) is 10.3. The van der Waals surface area contributed by atoms with Crippen LogP contribution < -0.4 is 27.4 Å². The summed E-state index contributed by atoms with van der Waals surface area (Å²) in [5, 5.41) is 10.3. The molecule has 0 aromatic heterocycles. The van der Waals surface area contributed by atoms with Gasteiger partial charge in [0.2, 0.25) is 0 Å². The van der Waals surface area contributed by atoms with Crippen molar-refractivity contribution in [2.45, 2.75) is 92.5 Å². The highest BCUT2D eigenvalue weighted by atomic mass is 32.2. The Balaban J connectivity index is 0.000000269. The molecule has 2 unspecified atom stereocenters. The lowest BCUT2D eigenvalue weighted by Crippen LogP contribution is -2.48. The van der Waals surface area contributed by atoms with Crippen LogP contribution in [0.4, 0.5) is 0 Å². The summed E-state index contributed by atoms with van der Waals surface area (Å²) in [4.78, 5) is 5.62. The molecular formula is C23H44N6S. The van der Waals surface area contributed by atoms with Gasteiger partial charge < -0.3 is 27.4 Å². The molecule has 0 saturated carbocycles. The predicted octanol–water partition coefficient (Wildman–Crippen LogP) is 4.83. The van der Waals surface area contributed by atoms with Crippen molar-refractivity contribution in [3.63, 3.8) is 0 Å². The molecule has 30 heavy (non-hydrogen) atoms. The van der Waals surface area contributed by atoms with Crippen LogP contribution in [0.25, 0.3) is 0 Å². The molecule has 0 aromatic rings. The molecule has 1 saturated heterocycles. The van der Waals surface area contributed by atoms with E-state index in [4.69, 9.17) is 11.5 Å². The van der Waals surface area contributed by atoms with E-state index in [1.807, 2.05) is 6.34 Å². The third-order valence-electron chi connectivity index (χ3n) is 5.22. The highest BCUT2D eigenvalue weighted by Gasteiger charge is 2.27. The molecule has 2 atom stereocenters. The van der Waals surface area contributed by atoms with E-state index < -0.39 is 0 Å². The number of hydrogen-bond acceptors (Lipinski definition) is 7. The van der Waals surface area contributed by atoms with Gasteiger partial charge in [0.25, 0.3) is 0 Å². The van der Waals surface area contributed by atoms with Gasteiger partial charge in [-0.1, -0.05) is 65.6 Å². The van der Waals surface area contributed by atoms with Gasteiger partial charge in [0, 0.05) is 22.8 Å². The third-order valence-corrected chi connectivity index (χ3v) is 6.41. The second-order valence-corrected chi connectivity index (χ2v) is 9.26. The molecule has 1 fully saturated rings. The summed E-state index contributed by atoms with van der Waals surface area (Å²) >= 11 is 1.60. The maximum atomic E-state index is 5.79. The molecule has 6 nitrogen and oxygen atoms in total. The van der Waals surface area contributed by atoms with Crippen LogP contribution in [0.1, 0.15) is 86.5 Å². The Bertz CT molecular complexity index is 650. The van der Waals surface area contributed by atoms with Crippen LogP contribution in [-0.4, -0.2) is 18.9 Å². The number of hydrogen-bond donors (Lipinski definition) is 5. The van der Waals surface area contributed by atoms with Crippen molar-refractivity contribution < 1.29 is 0 Å². The van der Waals surface area contributed by atoms with E-state index in [1.54, 1.807) is 11.8 Å². The zero-order valence-corrected chi connectivity index (χ0v) is 20.7. The molecule has 3 heterocycles. The van der Waals surface area contributed by atoms with Gasteiger partial charge in [-0.3, -0.25) is 4.99 Å². The van der Waals surface area contributed by atoms with E-state index in [0.29, 0.717) is 16.9 Å². The molecule has 0 amide bonds. The second-order valence-electron chi connectivity index (χ2n) is 8.13. The number of allylic oxidation sites excluding steroid dienone is 3. The van der Waals surface area contributed by atoms with Gasteiger partial charge in [0.05, 0.1) is 12.0 Å². The van der Waals surface area contributed by atoms with Crippen LogP contribution in [0.5, 0.6) is 0 Å². The minimum absolute atomic E-state index is 0.443. The number of unbranched alkanes of at least 4 members (excludes halogenated alkanes) is 1. The Hall–Kier alpha value is -1.76. The van der Waals surface area contributed by atoms with Crippen LogP contribution >= 0.6 is 11.8 Å². The molecule has 7 heteroatoms. The van der Waals surface area contributed by atoms with E-state index in [2.05, 4.69) is 62.5 Å². The van der Waals surface area contributed by atoms with E-state index in [0.717, 1.165) is 31.0 Å². The molecule has 0 aliphatic carbocycles. The van der Waals surface area contributed by atoms with Gasteiger partial charge in [-0.2, -0.15) is 0 Å². The highest BCUT2D eigenvalue weighted by molar-refractivity contribution is 8.06. The Morgan fingerprint density at radius 2 is 1.90 bits per heavy atom. The van der Waals surface area contributed by atoms with E-state index in [1.165, 1.54) is 48.4 Å². The van der Waals surface area contributed by atoms with Gasteiger partial charge in [-0.25, -0.2) is 0 Å². The fourth-order valence-electron chi connectivity index (χ4n) is 2.99. The van der Waals surface area contributed by atoms with Gasteiger partial charge in [-0.05, 0) is 38.5 Å². The molecule has 7 N–H and O–H groups in total. The molecule has 0 bridgehead atoms. The van der Waals surface area contributed by atoms with E-state index in [-0.39, 0.29) is 0 Å². The molecule has 3 aliphatic heterocycles. The monoisotopic (exact) mass is 436 g/mol. The molecule has 0 radical (unpaired) electrons. The van der Waals surface area contributed by atoms with Crippen LogP contribution in [0.3, 0.4) is 0 Å². The maximum absolute atomic E-state index is 5.79. The van der Waals surface area contributed by atoms with E-state index >= 15 is 0 Å². The second kappa shape index (κ2) is 14.3. The number of nitrogens with zero attached hydrogens (tertiary/aromatic N) is 1. The first-order valence-corrected chi connectivity index (χ1v) is 12.3. The van der Waals surface area contributed by atoms with Crippen LogP contribution in [-0.2, 0) is 0 Å². The standard InChI is InChI=1S/C11H21N3S.C9H15N3.C3H8/c1-4-7(2)5-6-9-8(3)14-10(12)11(13)15-9;1-2-3-4-7-9-8(5-10-9)12-6-11-7;1-3-2/h7,14H,4-6,12-13H2,1-3H3;6,8,10H,2-5H2,1H3,(H,11,12);3H2,1-2H3. The zero-order chi connectivity index (χ0) is 22.5. The van der Waals surface area contributed by atoms with Crippen molar-refractivity contribution in [1.82, 2.24) is 16.0 Å². The van der Waals surface area contributed by atoms with Crippen LogP contribution in [0.15, 0.2) is 37.8 Å². The summed E-state index contributed by atoms with van der Waals surface area (Å²) in [6.45, 7) is 14.0. The predicted molar refractivity (Wildman–Crippen MR) is 133 cm³/mol. The number of aliphatic imine (C=N–C) groups is 1. The van der Waals surface area contributed by atoms with Crippen LogP contribution in [0.2, 0.25) is 0 Å². The Kier molecular flexibility index (Phi) is 12.5. The average Bonchev–Trinajstić information content (AvgIpc) is 2.70. The summed E-state index contributed by atoms with van der Waals surface area (Å²) < 4.78 is 0. The van der Waals surface area contributed by atoms with Crippen molar-refractivity contribution in [3.05, 3.63) is 32.8 Å². The minimum Gasteiger partial charge on any atom is -0.390 e. The first kappa shape index (κ1) is 26.3. The Morgan fingerprint density at radius 3 is 2.47 bits per heavy atom. The van der Waals surface area contributed by atoms with Crippen molar-refractivity contribution in [3.8, 4) is 0 Å². The number of rotatable bonds is 7. The zero-order valence-electron chi connectivity index (χ0n) is 19.9. The fourth-order valence-corrected chi connectivity index (χ4v) is 3.84. The SMILES string of the molecule is CCC.CCC(C)CCC1=C(C)NC(N)=C(N)S1.CCCCC1=C2NCC2N=CN1. The number of thioether (sulfide) groups is 1. The van der Waals surface area contributed by atoms with Crippen molar-refractivity contribution in [2.75, 3.05) is 6.54 Å². The average molecular weight is 437 g/mol. The third kappa shape index (κ3) is 8.54. The minimum atomic E-state index is 0.443. The number of fused-ring (bicyclic) bond motifs is 1. The van der Waals surface area contributed by atoms with E-state index in [9.17, 15) is 0 Å². The van der Waals surface area contributed by atoms with Gasteiger partial charge >= 0.3 is 0 Å². The lowest BCUT2D eigenvalue weighted by atomic mass is 10.0. The summed E-state index contributed by atoms with van der Waals surface area (Å²) in [5.41, 5.74) is 15.3. The Morgan fingerprint density at radius 1 is 1.20 bits per heavy atom. The topological polar surface area (TPSA) is 100 Å². The lowest BCUT2D eigenvalue weighted by Gasteiger charge is -2.34. The van der Waals surface area contributed by atoms with Crippen molar-refractivity contribution in [2.24, 2.45) is 22.4 Å². The van der Waals surface area contributed by atoms with Gasteiger partial charge in [0.15, 0.2) is 0 Å². The first-order chi connectivity index (χ1) is 14.4. The maximum Gasteiger partial charge on any atom is 0.131 e. The largest absolute Gasteiger partial charge is 0.390 e. The summed E-state index contributed by atoms with van der Waals surface area (Å²) in [5.74, 6) is 1.36. The number of nitrogens with one attached hydrogen (secondary N) is 3. The smallest absolute Gasteiger partial charge is 0.131 e. The molecular weight excluding hydrogens is 392 g/mol. The molecule has 0 spiro atoms. The summed E-state index contributed by atoms with van der Waals surface area (Å²) in [6, 6.07) is 0.443. The van der Waals surface area contributed by atoms with Gasteiger partial charge in [0.1, 0.15) is 16.9 Å². The Labute approximate surface area is 188 Å². The molecule has 172 valence electrons. The molecule has 3 aliphatic rings. The highest BCUT2D eigenvalue weighted by Crippen LogP contribution is 2.33. The molecule has 3 rings (SSSR count). The van der Waals surface area contributed by atoms with Gasteiger partial charge in [-0.15, -0.1) is 0 Å². The molecule has 0 aromatic carbocycles. The fraction of sp³-hybridized carbons (Fsp3) is 0.696. The first-order valence-electron chi connectivity index (χ1n) is 11.5. The van der Waals surface area contributed by atoms with Crippen molar-refractivity contribution in [1.29, 1.82) is 0 Å². The number of nitrogens with two attached hydrogens (primary N) is 2. The van der Waals surface area contributed by atoms with Crippen LogP contribution in [0, 0.1) is 5.92 Å². The quantitative estimate of drug-likeness (QED) is 0.392.